The van der Waals surface area contributed by atoms with E-state index in [-0.39, 0.29) is 17.7 Å². The van der Waals surface area contributed by atoms with Gasteiger partial charge in [-0.15, -0.1) is 0 Å². The molecule has 29 heavy (non-hydrogen) atoms. The maximum absolute atomic E-state index is 13.2. The van der Waals surface area contributed by atoms with Crippen LogP contribution in [0.4, 0.5) is 0 Å². The van der Waals surface area contributed by atoms with Crippen LogP contribution < -0.4 is 4.74 Å². The number of benzene rings is 3. The van der Waals surface area contributed by atoms with Crippen LogP contribution in [-0.2, 0) is 0 Å². The molecule has 0 aromatic heterocycles. The summed E-state index contributed by atoms with van der Waals surface area (Å²) in [4.78, 5) is 13.2. The Morgan fingerprint density at radius 3 is 2.52 bits per heavy atom. The molecule has 0 spiro atoms. The van der Waals surface area contributed by atoms with Crippen LogP contribution >= 0.6 is 11.6 Å². The number of phenolic OH excluding ortho intramolecular Hbond substituents is 1. The summed E-state index contributed by atoms with van der Waals surface area (Å²) in [6, 6.07) is 21.1. The highest BCUT2D eigenvalue weighted by atomic mass is 35.5. The van der Waals surface area contributed by atoms with Crippen molar-refractivity contribution in [1.29, 1.82) is 0 Å². The maximum atomic E-state index is 13.2. The van der Waals surface area contributed by atoms with Crippen molar-refractivity contribution in [3.63, 3.8) is 0 Å². The summed E-state index contributed by atoms with van der Waals surface area (Å²) in [6.07, 6.45) is 0.457. The van der Waals surface area contributed by atoms with Gasteiger partial charge in [0.05, 0.1) is 18.9 Å². The molecule has 0 unspecified atom stereocenters. The van der Waals surface area contributed by atoms with E-state index in [2.05, 4.69) is 5.10 Å². The Morgan fingerprint density at radius 2 is 1.83 bits per heavy atom. The molecule has 0 bridgehead atoms. The van der Waals surface area contributed by atoms with Crippen LogP contribution in [0.15, 0.2) is 77.9 Å². The van der Waals surface area contributed by atoms with Gasteiger partial charge in [-0.3, -0.25) is 4.79 Å². The van der Waals surface area contributed by atoms with Crippen LogP contribution in [-0.4, -0.2) is 28.8 Å². The normalized spacial score (nSPS) is 15.9. The number of hydrogen-bond donors (Lipinski definition) is 1. The summed E-state index contributed by atoms with van der Waals surface area (Å²) in [5, 5.41) is 16.9. The molecule has 0 saturated carbocycles. The molecule has 4 rings (SSSR count). The summed E-state index contributed by atoms with van der Waals surface area (Å²) in [7, 11) is 1.61. The SMILES string of the molecule is COc1ccc([C@@H]2CC(c3cc(Cl)ccc3O)=NN2C(=O)c2ccccc2)cc1. The fourth-order valence-corrected chi connectivity index (χ4v) is 3.57. The van der Waals surface area contributed by atoms with Crippen molar-refractivity contribution in [2.45, 2.75) is 12.5 Å². The Labute approximate surface area is 173 Å². The van der Waals surface area contributed by atoms with Gasteiger partial charge < -0.3 is 9.84 Å². The second kappa shape index (κ2) is 7.97. The van der Waals surface area contributed by atoms with E-state index in [0.29, 0.717) is 28.3 Å². The maximum Gasteiger partial charge on any atom is 0.274 e. The fraction of sp³-hybridized carbons (Fsp3) is 0.130. The van der Waals surface area contributed by atoms with E-state index in [9.17, 15) is 9.90 Å². The summed E-state index contributed by atoms with van der Waals surface area (Å²) in [6.45, 7) is 0. The summed E-state index contributed by atoms with van der Waals surface area (Å²) in [5.41, 5.74) is 2.61. The Bertz CT molecular complexity index is 1070. The van der Waals surface area contributed by atoms with Crippen LogP contribution in [0.25, 0.3) is 0 Å². The highest BCUT2D eigenvalue weighted by Gasteiger charge is 2.34. The minimum Gasteiger partial charge on any atom is -0.507 e. The number of hydrogen-bond acceptors (Lipinski definition) is 4. The van der Waals surface area contributed by atoms with Crippen molar-refractivity contribution in [3.05, 3.63) is 94.5 Å². The first-order chi connectivity index (χ1) is 14.1. The van der Waals surface area contributed by atoms with Crippen LogP contribution in [0.5, 0.6) is 11.5 Å². The van der Waals surface area contributed by atoms with E-state index in [1.807, 2.05) is 42.5 Å². The van der Waals surface area contributed by atoms with Gasteiger partial charge in [0, 0.05) is 22.6 Å². The van der Waals surface area contributed by atoms with E-state index in [4.69, 9.17) is 16.3 Å². The Morgan fingerprint density at radius 1 is 1.10 bits per heavy atom. The van der Waals surface area contributed by atoms with Gasteiger partial charge in [0.1, 0.15) is 11.5 Å². The van der Waals surface area contributed by atoms with Crippen LogP contribution in [0.1, 0.15) is 33.9 Å². The number of carbonyl (C=O) groups excluding carboxylic acids is 1. The minimum atomic E-state index is -0.304. The molecule has 6 heteroatoms. The summed E-state index contributed by atoms with van der Waals surface area (Å²) in [5.74, 6) is 0.611. The predicted octanol–water partition coefficient (Wildman–Crippen LogP) is 5.05. The van der Waals surface area contributed by atoms with E-state index < -0.39 is 0 Å². The third-order valence-electron chi connectivity index (χ3n) is 4.91. The average Bonchev–Trinajstić information content (AvgIpc) is 3.20. The molecule has 3 aromatic rings. The summed E-state index contributed by atoms with van der Waals surface area (Å²) >= 11 is 6.12. The molecule has 3 aromatic carbocycles. The number of halogens is 1. The lowest BCUT2D eigenvalue weighted by molar-refractivity contribution is 0.0711. The first-order valence-electron chi connectivity index (χ1n) is 9.16. The number of ether oxygens (including phenoxy) is 1. The van der Waals surface area contributed by atoms with Crippen molar-refractivity contribution in [2.24, 2.45) is 5.10 Å². The zero-order valence-corrected chi connectivity index (χ0v) is 16.5. The monoisotopic (exact) mass is 406 g/mol. The Hall–Kier alpha value is -3.31. The number of phenols is 1. The van der Waals surface area contributed by atoms with Crippen molar-refractivity contribution < 1.29 is 14.6 Å². The second-order valence-electron chi connectivity index (χ2n) is 6.72. The smallest absolute Gasteiger partial charge is 0.274 e. The largest absolute Gasteiger partial charge is 0.507 e. The topological polar surface area (TPSA) is 62.1 Å². The average molecular weight is 407 g/mol. The van der Waals surface area contributed by atoms with Gasteiger partial charge in [-0.1, -0.05) is 41.9 Å². The van der Waals surface area contributed by atoms with Gasteiger partial charge in [0.2, 0.25) is 0 Å². The molecule has 5 nitrogen and oxygen atoms in total. The molecule has 1 aliphatic rings. The van der Waals surface area contributed by atoms with Gasteiger partial charge >= 0.3 is 0 Å². The lowest BCUT2D eigenvalue weighted by Gasteiger charge is -2.22. The molecule has 0 saturated heterocycles. The Kier molecular flexibility index (Phi) is 5.23. The highest BCUT2D eigenvalue weighted by Crippen LogP contribution is 2.36. The molecule has 1 aliphatic heterocycles. The number of amides is 1. The lowest BCUT2D eigenvalue weighted by Crippen LogP contribution is -2.27. The first kappa shape index (κ1) is 19.0. The van der Waals surface area contributed by atoms with Gasteiger partial charge in [0.15, 0.2) is 0 Å². The minimum absolute atomic E-state index is 0.0793. The molecular weight excluding hydrogens is 388 g/mol. The van der Waals surface area contributed by atoms with Crippen LogP contribution in [0, 0.1) is 0 Å². The van der Waals surface area contributed by atoms with Gasteiger partial charge in [-0.2, -0.15) is 5.10 Å². The van der Waals surface area contributed by atoms with Crippen molar-refractivity contribution in [1.82, 2.24) is 5.01 Å². The number of rotatable bonds is 4. The van der Waals surface area contributed by atoms with Gasteiger partial charge in [-0.05, 0) is 48.0 Å². The molecule has 146 valence electrons. The number of methoxy groups -OCH3 is 1. The summed E-state index contributed by atoms with van der Waals surface area (Å²) < 4.78 is 5.24. The van der Waals surface area contributed by atoms with Crippen LogP contribution in [0.3, 0.4) is 0 Å². The third kappa shape index (κ3) is 3.82. The molecule has 1 N–H and O–H groups in total. The third-order valence-corrected chi connectivity index (χ3v) is 5.14. The number of hydrazone groups is 1. The van der Waals surface area contributed by atoms with E-state index in [1.165, 1.54) is 11.1 Å². The van der Waals surface area contributed by atoms with Crippen LogP contribution in [0.2, 0.25) is 5.02 Å². The van der Waals surface area contributed by atoms with Crippen molar-refractivity contribution in [3.8, 4) is 11.5 Å². The first-order valence-corrected chi connectivity index (χ1v) is 9.53. The van der Waals surface area contributed by atoms with E-state index >= 15 is 0 Å². The van der Waals surface area contributed by atoms with E-state index in [0.717, 1.165) is 11.3 Å². The number of nitrogens with zero attached hydrogens (tertiary/aromatic N) is 2. The quantitative estimate of drug-likeness (QED) is 0.659. The lowest BCUT2D eigenvalue weighted by atomic mass is 9.97. The van der Waals surface area contributed by atoms with Crippen molar-refractivity contribution in [2.75, 3.05) is 7.11 Å². The zero-order valence-electron chi connectivity index (χ0n) is 15.7. The van der Waals surface area contributed by atoms with Crippen molar-refractivity contribution >= 4 is 23.2 Å². The molecule has 0 fully saturated rings. The van der Waals surface area contributed by atoms with E-state index in [1.54, 1.807) is 31.4 Å². The predicted molar refractivity (Wildman–Crippen MR) is 113 cm³/mol. The highest BCUT2D eigenvalue weighted by molar-refractivity contribution is 6.31. The Balaban J connectivity index is 1.75. The number of carbonyl (C=O) groups is 1. The molecule has 0 radical (unpaired) electrons. The fourth-order valence-electron chi connectivity index (χ4n) is 3.40. The molecule has 1 amide bonds. The number of aromatic hydroxyl groups is 1. The molecule has 1 atom stereocenters. The molecule has 1 heterocycles. The van der Waals surface area contributed by atoms with Gasteiger partial charge in [0.25, 0.3) is 5.91 Å². The van der Waals surface area contributed by atoms with Gasteiger partial charge in [-0.25, -0.2) is 5.01 Å². The zero-order chi connectivity index (χ0) is 20.4. The standard InChI is InChI=1S/C23H19ClN2O3/c1-29-18-10-7-15(8-11-18)21-14-20(19-13-17(24)9-12-22(19)27)25-26(21)23(28)16-5-3-2-4-6-16/h2-13,21,27H,14H2,1H3/t21-/m0/s1. The molecule has 0 aliphatic carbocycles. The molecular formula is C23H19ClN2O3. The second-order valence-corrected chi connectivity index (χ2v) is 7.15.